The number of primary amides is 2. The Morgan fingerprint density at radius 1 is 0.879 bits per heavy atom. The van der Waals surface area contributed by atoms with E-state index in [1.54, 1.807) is 29.6 Å². The summed E-state index contributed by atoms with van der Waals surface area (Å²) >= 11 is 17.1. The summed E-state index contributed by atoms with van der Waals surface area (Å²) in [4.78, 5) is 32.9. The third kappa shape index (κ3) is 9.21. The number of urea groups is 1. The number of halogens is 3. The number of piperazine rings is 1. The summed E-state index contributed by atoms with van der Waals surface area (Å²) in [5.41, 5.74) is 11.3. The fourth-order valence-electron chi connectivity index (χ4n) is 3.26. The van der Waals surface area contributed by atoms with Gasteiger partial charge in [0.05, 0.1) is 20.8 Å². The fraction of sp³-hybridized carbons (Fsp3) is 0.429. The molecule has 0 bridgehead atoms. The Labute approximate surface area is 208 Å². The van der Waals surface area contributed by atoms with Gasteiger partial charge in [-0.1, -0.05) is 34.8 Å². The molecule has 2 aromatic heterocycles. The van der Waals surface area contributed by atoms with Gasteiger partial charge >= 0.3 is 6.03 Å². The van der Waals surface area contributed by atoms with Crippen LogP contribution in [0.3, 0.4) is 0 Å². The van der Waals surface area contributed by atoms with Crippen molar-refractivity contribution in [3.63, 3.8) is 0 Å². The van der Waals surface area contributed by atoms with E-state index in [2.05, 4.69) is 20.2 Å². The maximum atomic E-state index is 11.0. The number of carbonyl (C=O) groups is 2. The summed E-state index contributed by atoms with van der Waals surface area (Å²) < 4.78 is 0. The molecule has 2 aliphatic heterocycles. The maximum absolute atomic E-state index is 11.0. The third-order valence-corrected chi connectivity index (χ3v) is 6.17. The van der Waals surface area contributed by atoms with Gasteiger partial charge in [0, 0.05) is 56.9 Å². The first-order chi connectivity index (χ1) is 15.8. The molecule has 0 aromatic carbocycles. The largest absolute Gasteiger partial charge is 0.369 e. The molecule has 2 saturated heterocycles. The van der Waals surface area contributed by atoms with E-state index in [4.69, 9.17) is 46.3 Å². The molecule has 12 heteroatoms. The SMILES string of the molecule is Clc1ccncc1Cl.NC(=O)C1CCNCC1.NC(=O)N1CCN(c2ccncc2Cl)CC1. The number of amides is 3. The van der Waals surface area contributed by atoms with E-state index in [-0.39, 0.29) is 17.9 Å². The normalized spacial score (nSPS) is 16.1. The molecule has 33 heavy (non-hydrogen) atoms. The molecule has 4 rings (SSSR count). The molecule has 9 nitrogen and oxygen atoms in total. The van der Waals surface area contributed by atoms with E-state index in [1.807, 2.05) is 6.07 Å². The topological polar surface area (TPSA) is 130 Å². The highest BCUT2D eigenvalue weighted by Crippen LogP contribution is 2.25. The van der Waals surface area contributed by atoms with Gasteiger partial charge in [0.2, 0.25) is 5.91 Å². The molecule has 180 valence electrons. The number of piperidine rings is 1. The number of rotatable bonds is 2. The molecule has 0 saturated carbocycles. The molecule has 0 spiro atoms. The average molecular weight is 517 g/mol. The first-order valence-corrected chi connectivity index (χ1v) is 11.6. The van der Waals surface area contributed by atoms with Gasteiger partial charge in [0.1, 0.15) is 0 Å². The lowest BCUT2D eigenvalue weighted by Crippen LogP contribution is -2.50. The monoisotopic (exact) mass is 515 g/mol. The average Bonchev–Trinajstić information content (AvgIpc) is 2.83. The summed E-state index contributed by atoms with van der Waals surface area (Å²) in [5.74, 6) is -0.0113. The van der Waals surface area contributed by atoms with Gasteiger partial charge in [-0.25, -0.2) is 4.79 Å². The van der Waals surface area contributed by atoms with Crippen molar-refractivity contribution in [2.75, 3.05) is 44.2 Å². The Balaban J connectivity index is 0.000000192. The van der Waals surface area contributed by atoms with Gasteiger partial charge in [0.25, 0.3) is 0 Å². The molecule has 2 aliphatic rings. The molecule has 0 atom stereocenters. The van der Waals surface area contributed by atoms with Crippen LogP contribution in [0.4, 0.5) is 10.5 Å². The minimum atomic E-state index is -0.361. The van der Waals surface area contributed by atoms with Gasteiger partial charge < -0.3 is 26.6 Å². The van der Waals surface area contributed by atoms with Gasteiger partial charge in [-0.05, 0) is 38.1 Å². The van der Waals surface area contributed by atoms with Gasteiger partial charge in [0.15, 0.2) is 0 Å². The van der Waals surface area contributed by atoms with E-state index in [9.17, 15) is 9.59 Å². The second-order valence-corrected chi connectivity index (χ2v) is 8.58. The van der Waals surface area contributed by atoms with Crippen molar-refractivity contribution in [1.29, 1.82) is 0 Å². The van der Waals surface area contributed by atoms with Gasteiger partial charge in [-0.2, -0.15) is 0 Å². The smallest absolute Gasteiger partial charge is 0.314 e. The Hall–Kier alpha value is -2.33. The van der Waals surface area contributed by atoms with Crippen LogP contribution in [0.15, 0.2) is 36.9 Å². The standard InChI is InChI=1S/C10H13ClN4O.C6H12N2O.C5H3Cl2N/c11-8-7-13-2-1-9(8)14-3-5-15(6-4-14)10(12)16;7-6(9)5-1-3-8-4-2-5;6-4-1-2-8-3-5(4)7/h1-2,7H,3-6H2,(H2,12,16);5,8H,1-4H2,(H2,7,9);1-3H. The Morgan fingerprint density at radius 3 is 1.88 bits per heavy atom. The zero-order chi connectivity index (χ0) is 24.2. The van der Waals surface area contributed by atoms with Crippen molar-refractivity contribution in [2.45, 2.75) is 12.8 Å². The molecule has 2 aromatic rings. The fourth-order valence-corrected chi connectivity index (χ4v) is 3.72. The van der Waals surface area contributed by atoms with Crippen LogP contribution in [0.1, 0.15) is 12.8 Å². The number of nitrogens with one attached hydrogen (secondary N) is 1. The Bertz CT molecular complexity index is 884. The van der Waals surface area contributed by atoms with Gasteiger partial charge in [-0.3, -0.25) is 14.8 Å². The van der Waals surface area contributed by atoms with Crippen LogP contribution < -0.4 is 21.7 Å². The second-order valence-electron chi connectivity index (χ2n) is 7.36. The first kappa shape index (κ1) is 26.9. The van der Waals surface area contributed by atoms with Crippen LogP contribution in [-0.4, -0.2) is 66.1 Å². The van der Waals surface area contributed by atoms with Crippen molar-refractivity contribution in [3.05, 3.63) is 52.0 Å². The Morgan fingerprint density at radius 2 is 1.45 bits per heavy atom. The molecule has 3 amide bonds. The zero-order valence-electron chi connectivity index (χ0n) is 18.1. The number of pyridine rings is 2. The van der Waals surface area contributed by atoms with Crippen molar-refractivity contribution in [2.24, 2.45) is 17.4 Å². The minimum absolute atomic E-state index is 0.131. The minimum Gasteiger partial charge on any atom is -0.369 e. The number of nitrogens with zero attached hydrogens (tertiary/aromatic N) is 4. The predicted molar refractivity (Wildman–Crippen MR) is 132 cm³/mol. The molecule has 2 fully saturated rings. The van der Waals surface area contributed by atoms with Crippen molar-refractivity contribution < 1.29 is 9.59 Å². The second kappa shape index (κ2) is 14.0. The summed E-state index contributed by atoms with van der Waals surface area (Å²) in [6, 6.07) is 3.16. The van der Waals surface area contributed by atoms with Crippen LogP contribution in [0, 0.1) is 5.92 Å². The van der Waals surface area contributed by atoms with Crippen molar-refractivity contribution >= 4 is 52.4 Å². The highest BCUT2D eigenvalue weighted by atomic mass is 35.5. The highest BCUT2D eigenvalue weighted by molar-refractivity contribution is 6.41. The Kier molecular flexibility index (Phi) is 11.5. The molecule has 5 N–H and O–H groups in total. The number of anilines is 1. The van der Waals surface area contributed by atoms with E-state index in [0.29, 0.717) is 28.2 Å². The summed E-state index contributed by atoms with van der Waals surface area (Å²) in [6.07, 6.45) is 8.25. The molecule has 4 heterocycles. The van der Waals surface area contributed by atoms with Crippen LogP contribution in [0.5, 0.6) is 0 Å². The summed E-state index contributed by atoms with van der Waals surface area (Å²) in [6.45, 7) is 4.63. The summed E-state index contributed by atoms with van der Waals surface area (Å²) in [5, 5.41) is 4.83. The van der Waals surface area contributed by atoms with Crippen LogP contribution in [0.25, 0.3) is 0 Å². The quantitative estimate of drug-likeness (QED) is 0.563. The van der Waals surface area contributed by atoms with E-state index in [0.717, 1.165) is 44.7 Å². The maximum Gasteiger partial charge on any atom is 0.314 e. The predicted octanol–water partition coefficient (Wildman–Crippen LogP) is 2.80. The molecule has 0 aliphatic carbocycles. The van der Waals surface area contributed by atoms with E-state index >= 15 is 0 Å². The molecule has 0 radical (unpaired) electrons. The first-order valence-electron chi connectivity index (χ1n) is 10.4. The third-order valence-electron chi connectivity index (χ3n) is 5.15. The number of hydrogen-bond donors (Lipinski definition) is 3. The van der Waals surface area contributed by atoms with E-state index < -0.39 is 0 Å². The number of aromatic nitrogens is 2. The van der Waals surface area contributed by atoms with Crippen molar-refractivity contribution in [3.8, 4) is 0 Å². The van der Waals surface area contributed by atoms with Crippen LogP contribution >= 0.6 is 34.8 Å². The lowest BCUT2D eigenvalue weighted by molar-refractivity contribution is -0.122. The van der Waals surface area contributed by atoms with Crippen LogP contribution in [-0.2, 0) is 4.79 Å². The molecular formula is C21H28Cl3N7O2. The zero-order valence-corrected chi connectivity index (χ0v) is 20.4. The number of hydrogen-bond acceptors (Lipinski definition) is 6. The number of nitrogens with two attached hydrogens (primary N) is 2. The lowest BCUT2D eigenvalue weighted by atomic mass is 9.98. The lowest BCUT2D eigenvalue weighted by Gasteiger charge is -2.35. The molecular weight excluding hydrogens is 489 g/mol. The van der Waals surface area contributed by atoms with Crippen LogP contribution in [0.2, 0.25) is 15.1 Å². The van der Waals surface area contributed by atoms with E-state index in [1.165, 1.54) is 6.20 Å². The van der Waals surface area contributed by atoms with Gasteiger partial charge in [-0.15, -0.1) is 0 Å². The highest BCUT2D eigenvalue weighted by Gasteiger charge is 2.20. The molecule has 0 unspecified atom stereocenters. The number of carbonyl (C=O) groups excluding carboxylic acids is 2. The van der Waals surface area contributed by atoms with Crippen molar-refractivity contribution in [1.82, 2.24) is 20.2 Å². The summed E-state index contributed by atoms with van der Waals surface area (Å²) in [7, 11) is 0.